The van der Waals surface area contributed by atoms with Crippen LogP contribution in [0.3, 0.4) is 0 Å². The second kappa shape index (κ2) is 14.5. The molecule has 1 aliphatic heterocycles. The van der Waals surface area contributed by atoms with Crippen molar-refractivity contribution in [3.63, 3.8) is 0 Å². The molecule has 224 valence electrons. The zero-order chi connectivity index (χ0) is 30.9. The molecule has 4 rings (SSSR count). The predicted molar refractivity (Wildman–Crippen MR) is 163 cm³/mol. The van der Waals surface area contributed by atoms with E-state index in [-0.39, 0.29) is 11.4 Å². The summed E-state index contributed by atoms with van der Waals surface area (Å²) in [7, 11) is 1.62. The summed E-state index contributed by atoms with van der Waals surface area (Å²) in [5.41, 5.74) is 8.47. The highest BCUT2D eigenvalue weighted by Crippen LogP contribution is 2.33. The van der Waals surface area contributed by atoms with E-state index in [1.165, 1.54) is 11.0 Å². The maximum Gasteiger partial charge on any atom is 0.331 e. The van der Waals surface area contributed by atoms with Crippen LogP contribution in [0.2, 0.25) is 0 Å². The number of aryl methyl sites for hydroxylation is 1. The monoisotopic (exact) mass is 575 g/mol. The fourth-order valence-corrected chi connectivity index (χ4v) is 4.31. The van der Waals surface area contributed by atoms with Gasteiger partial charge in [0.2, 0.25) is 11.8 Å². The molecule has 42 heavy (non-hydrogen) atoms. The van der Waals surface area contributed by atoms with Crippen molar-refractivity contribution in [2.75, 3.05) is 20.3 Å². The van der Waals surface area contributed by atoms with Gasteiger partial charge >= 0.3 is 5.97 Å². The number of aliphatic carboxylic acids is 1. The largest absolute Gasteiger partial charge is 0.497 e. The van der Waals surface area contributed by atoms with E-state index in [1.807, 2.05) is 71.0 Å². The molecule has 3 N–H and O–H groups in total. The minimum atomic E-state index is -1.07. The Labute approximate surface area is 247 Å². The molecule has 0 spiro atoms. The number of carboxylic acid groups (broad SMARTS) is 1. The van der Waals surface area contributed by atoms with Gasteiger partial charge in [0, 0.05) is 30.1 Å². The van der Waals surface area contributed by atoms with Gasteiger partial charge in [-0.1, -0.05) is 24.3 Å². The van der Waals surface area contributed by atoms with Gasteiger partial charge in [-0.3, -0.25) is 4.79 Å². The smallest absolute Gasteiger partial charge is 0.331 e. The number of hydrogen-bond donors (Lipinski definition) is 2. The summed E-state index contributed by atoms with van der Waals surface area (Å²) in [4.78, 5) is 30.8. The van der Waals surface area contributed by atoms with E-state index in [4.69, 9.17) is 19.6 Å². The van der Waals surface area contributed by atoms with Crippen LogP contribution in [0.25, 0.3) is 11.5 Å². The van der Waals surface area contributed by atoms with Crippen molar-refractivity contribution < 1.29 is 28.6 Å². The van der Waals surface area contributed by atoms with Gasteiger partial charge in [0.1, 0.15) is 17.3 Å². The van der Waals surface area contributed by atoms with Gasteiger partial charge in [0.15, 0.2) is 6.04 Å². The summed E-state index contributed by atoms with van der Waals surface area (Å²) in [6.07, 6.45) is 7.63. The molecule has 0 bridgehead atoms. The fraction of sp³-hybridized carbons (Fsp3) is 0.364. The van der Waals surface area contributed by atoms with Gasteiger partial charge in [-0.15, -0.1) is 0 Å². The van der Waals surface area contributed by atoms with E-state index in [9.17, 15) is 14.7 Å². The van der Waals surface area contributed by atoms with Crippen LogP contribution in [0.4, 0.5) is 0 Å². The molecule has 0 aliphatic carbocycles. The molecule has 9 heteroatoms. The lowest BCUT2D eigenvalue weighted by atomic mass is 9.92. The maximum atomic E-state index is 12.7. The quantitative estimate of drug-likeness (QED) is 0.247. The standard InChI is InChI=1S/C29H30N2O6.C4H11N/c1-4-5-6-7-26(32)31-16-14-20-8-13-23(18-24(20)27(31)29(33)34)36-17-15-25-19(2)37-28(30-25)21-9-11-22(35-3)12-10-21;1-4(2,3)5/h4-13,18,27H,14-17H2,1-3H3,(H,33,34);5H2,1-3H3. The van der Waals surface area contributed by atoms with Gasteiger partial charge in [0.05, 0.1) is 19.4 Å². The Morgan fingerprint density at radius 2 is 1.81 bits per heavy atom. The fourth-order valence-electron chi connectivity index (χ4n) is 4.31. The molecular weight excluding hydrogens is 534 g/mol. The number of carbonyl (C=O) groups excluding carboxylic acids is 1. The second-order valence-electron chi connectivity index (χ2n) is 11.0. The Morgan fingerprint density at radius 1 is 1.14 bits per heavy atom. The normalized spacial score (nSPS) is 14.8. The first-order chi connectivity index (χ1) is 19.9. The second-order valence-corrected chi connectivity index (χ2v) is 11.0. The molecule has 1 amide bonds. The first-order valence-electron chi connectivity index (χ1n) is 13.9. The average Bonchev–Trinajstić information content (AvgIpc) is 3.31. The summed E-state index contributed by atoms with van der Waals surface area (Å²) >= 11 is 0. The summed E-state index contributed by atoms with van der Waals surface area (Å²) in [5, 5.41) is 9.95. The first kappa shape index (κ1) is 32.1. The minimum absolute atomic E-state index is 0. The third kappa shape index (κ3) is 9.07. The number of nitrogens with two attached hydrogens (primary N) is 1. The minimum Gasteiger partial charge on any atom is -0.497 e. The lowest BCUT2D eigenvalue weighted by Gasteiger charge is -2.34. The van der Waals surface area contributed by atoms with Gasteiger partial charge in [-0.2, -0.15) is 0 Å². The molecule has 1 aromatic heterocycles. The number of ether oxygens (including phenoxy) is 2. The van der Waals surface area contributed by atoms with Crippen LogP contribution in [-0.4, -0.2) is 52.7 Å². The van der Waals surface area contributed by atoms with E-state index in [0.717, 1.165) is 22.6 Å². The number of nitrogens with zero attached hydrogens (tertiary/aromatic N) is 2. The molecule has 0 radical (unpaired) electrons. The molecule has 1 aliphatic rings. The van der Waals surface area contributed by atoms with Crippen LogP contribution >= 0.6 is 0 Å². The SMILES string of the molecule is CC(C)(C)N.CC=CC=CC(=O)N1CCc2ccc(OCCc3nc(-c4ccc(OC)cc4)oc3C)cc2C1C(=O)O. The number of amides is 1. The number of methoxy groups -OCH3 is 1. The van der Waals surface area contributed by atoms with Gasteiger partial charge in [0.25, 0.3) is 0 Å². The van der Waals surface area contributed by atoms with Gasteiger partial charge in [-0.25, -0.2) is 9.78 Å². The lowest BCUT2D eigenvalue weighted by molar-refractivity contribution is -0.149. The zero-order valence-electron chi connectivity index (χ0n) is 25.2. The summed E-state index contributed by atoms with van der Waals surface area (Å²) < 4.78 is 17.0. The Kier molecular flexibility index (Phi) is 11.1. The van der Waals surface area contributed by atoms with Crippen molar-refractivity contribution in [3.8, 4) is 23.0 Å². The van der Waals surface area contributed by atoms with Gasteiger partial charge in [-0.05, 0) is 88.6 Å². The van der Waals surface area contributed by atoms with Crippen LogP contribution in [0.5, 0.6) is 11.5 Å². The highest BCUT2D eigenvalue weighted by molar-refractivity contribution is 5.92. The number of hydrogen-bond acceptors (Lipinski definition) is 7. The van der Waals surface area contributed by atoms with E-state index >= 15 is 0 Å². The highest BCUT2D eigenvalue weighted by Gasteiger charge is 2.35. The van der Waals surface area contributed by atoms with Crippen molar-refractivity contribution in [1.82, 2.24) is 9.88 Å². The predicted octanol–water partition coefficient (Wildman–Crippen LogP) is 5.67. The number of fused-ring (bicyclic) bond motifs is 1. The Balaban J connectivity index is 0.000000892. The molecule has 3 aromatic rings. The van der Waals surface area contributed by atoms with Crippen molar-refractivity contribution in [2.24, 2.45) is 5.73 Å². The number of oxazole rings is 1. The van der Waals surface area contributed by atoms with Crippen LogP contribution in [0.15, 0.2) is 71.2 Å². The number of allylic oxidation sites excluding steroid dienone is 3. The summed E-state index contributed by atoms with van der Waals surface area (Å²) in [5.74, 6) is 1.13. The molecule has 2 aromatic carbocycles. The Hall–Kier alpha value is -4.37. The first-order valence-corrected chi connectivity index (χ1v) is 13.9. The van der Waals surface area contributed by atoms with Gasteiger partial charge < -0.3 is 29.6 Å². The molecule has 9 nitrogen and oxygen atoms in total. The summed E-state index contributed by atoms with van der Waals surface area (Å²) in [6, 6.07) is 11.8. The van der Waals surface area contributed by atoms with E-state index in [1.54, 1.807) is 31.4 Å². The Bertz CT molecular complexity index is 1410. The topological polar surface area (TPSA) is 128 Å². The van der Waals surface area contributed by atoms with Crippen molar-refractivity contribution in [1.29, 1.82) is 0 Å². The molecule has 0 saturated carbocycles. The number of benzene rings is 2. The maximum absolute atomic E-state index is 12.7. The third-order valence-electron chi connectivity index (χ3n) is 6.24. The van der Waals surface area contributed by atoms with Crippen LogP contribution in [-0.2, 0) is 22.4 Å². The summed E-state index contributed by atoms with van der Waals surface area (Å²) in [6.45, 7) is 10.3. The van der Waals surface area contributed by atoms with Crippen LogP contribution < -0.4 is 15.2 Å². The molecule has 0 fully saturated rings. The van der Waals surface area contributed by atoms with Crippen LogP contribution in [0, 0.1) is 6.92 Å². The van der Waals surface area contributed by atoms with Crippen molar-refractivity contribution >= 4 is 11.9 Å². The third-order valence-corrected chi connectivity index (χ3v) is 6.24. The molecule has 0 saturated heterocycles. The average molecular weight is 576 g/mol. The number of rotatable bonds is 9. The molecule has 1 unspecified atom stereocenters. The van der Waals surface area contributed by atoms with E-state index < -0.39 is 12.0 Å². The number of carboxylic acids is 1. The van der Waals surface area contributed by atoms with E-state index in [2.05, 4.69) is 4.98 Å². The molecular formula is C33H41N3O6. The zero-order valence-corrected chi connectivity index (χ0v) is 25.2. The van der Waals surface area contributed by atoms with Crippen LogP contribution in [0.1, 0.15) is 56.3 Å². The number of carbonyl (C=O) groups is 2. The number of aromatic nitrogens is 1. The van der Waals surface area contributed by atoms with Crippen molar-refractivity contribution in [2.45, 2.75) is 59.0 Å². The van der Waals surface area contributed by atoms with Crippen molar-refractivity contribution in [3.05, 3.63) is 89.3 Å². The Morgan fingerprint density at radius 3 is 2.43 bits per heavy atom. The highest BCUT2D eigenvalue weighted by atomic mass is 16.5. The molecule has 2 heterocycles. The lowest BCUT2D eigenvalue weighted by Crippen LogP contribution is -2.42. The van der Waals surface area contributed by atoms with E-state index in [0.29, 0.717) is 49.0 Å². The molecule has 1 atom stereocenters.